The van der Waals surface area contributed by atoms with Gasteiger partial charge in [-0.15, -0.1) is 12.1 Å². The third kappa shape index (κ3) is 9.18. The number of hydrogen-bond acceptors (Lipinski definition) is 5. The summed E-state index contributed by atoms with van der Waals surface area (Å²) < 4.78 is 0. The SMILES string of the molecule is CC(=O)Nc1ccc(-c2ccc(/C=C3/SC(=Nc4cc[c-]cc4)NC3=O)cc2)cc1.CC(=O)O.[Na+]. The van der Waals surface area contributed by atoms with Gasteiger partial charge in [-0.2, -0.15) is 18.2 Å². The number of aliphatic carboxylic acids is 1. The summed E-state index contributed by atoms with van der Waals surface area (Å²) in [7, 11) is 0. The molecule has 1 aliphatic rings. The molecule has 3 N–H and O–H groups in total. The molecule has 0 saturated carbocycles. The molecule has 4 rings (SSSR count). The van der Waals surface area contributed by atoms with Gasteiger partial charge in [0.05, 0.1) is 4.91 Å². The third-order valence-corrected chi connectivity index (χ3v) is 5.24. The average Bonchev–Trinajstić information content (AvgIpc) is 3.13. The van der Waals surface area contributed by atoms with Crippen LogP contribution in [0.5, 0.6) is 0 Å². The molecule has 1 saturated heterocycles. The van der Waals surface area contributed by atoms with Gasteiger partial charge in [-0.05, 0) is 52.3 Å². The fourth-order valence-electron chi connectivity index (χ4n) is 2.92. The predicted molar refractivity (Wildman–Crippen MR) is 136 cm³/mol. The number of thioether (sulfide) groups is 1. The van der Waals surface area contributed by atoms with Gasteiger partial charge in [-0.3, -0.25) is 19.4 Å². The molecule has 3 aromatic carbocycles. The van der Waals surface area contributed by atoms with E-state index >= 15 is 0 Å². The largest absolute Gasteiger partial charge is 1.00 e. The molecule has 2 amide bonds. The molecule has 9 heteroatoms. The number of carboxylic acids is 1. The number of carboxylic acid groups (broad SMARTS) is 1. The molecule has 0 aliphatic carbocycles. The van der Waals surface area contributed by atoms with Gasteiger partial charge < -0.3 is 15.7 Å². The Morgan fingerprint density at radius 3 is 2.06 bits per heavy atom. The van der Waals surface area contributed by atoms with Crippen molar-refractivity contribution in [1.82, 2.24) is 5.32 Å². The second-order valence-electron chi connectivity index (χ2n) is 7.14. The van der Waals surface area contributed by atoms with Crippen LogP contribution in [0.25, 0.3) is 17.2 Å². The summed E-state index contributed by atoms with van der Waals surface area (Å²) in [6, 6.07) is 25.8. The number of carbonyl (C=O) groups is 3. The van der Waals surface area contributed by atoms with E-state index in [0.717, 1.165) is 35.0 Å². The quantitative estimate of drug-likeness (QED) is 0.292. The maximum atomic E-state index is 12.3. The molecule has 7 nitrogen and oxygen atoms in total. The average molecular weight is 496 g/mol. The molecule has 35 heavy (non-hydrogen) atoms. The van der Waals surface area contributed by atoms with Gasteiger partial charge in [-0.25, -0.2) is 0 Å². The zero-order valence-corrected chi connectivity index (χ0v) is 22.3. The molecular weight excluding hydrogens is 473 g/mol. The number of benzene rings is 3. The third-order valence-electron chi connectivity index (χ3n) is 4.33. The molecule has 0 spiro atoms. The minimum atomic E-state index is -0.833. The van der Waals surface area contributed by atoms with Gasteiger partial charge in [0, 0.05) is 19.5 Å². The van der Waals surface area contributed by atoms with Crippen LogP contribution in [-0.4, -0.2) is 28.1 Å². The molecule has 1 fully saturated rings. The number of nitrogens with one attached hydrogen (secondary N) is 2. The summed E-state index contributed by atoms with van der Waals surface area (Å²) >= 11 is 1.32. The van der Waals surface area contributed by atoms with Crippen molar-refractivity contribution in [2.24, 2.45) is 4.99 Å². The number of aliphatic imine (C=N–C) groups is 1. The molecule has 1 heterocycles. The maximum Gasteiger partial charge on any atom is 1.00 e. The van der Waals surface area contributed by atoms with Crippen molar-refractivity contribution in [2.75, 3.05) is 5.32 Å². The fourth-order valence-corrected chi connectivity index (χ4v) is 3.76. The van der Waals surface area contributed by atoms with E-state index in [-0.39, 0.29) is 41.4 Å². The van der Waals surface area contributed by atoms with Crippen LogP contribution >= 0.6 is 11.8 Å². The van der Waals surface area contributed by atoms with Crippen LogP contribution in [0.2, 0.25) is 0 Å². The van der Waals surface area contributed by atoms with Crippen LogP contribution in [0.4, 0.5) is 11.4 Å². The first-order chi connectivity index (χ1) is 16.3. The standard InChI is InChI=1S/C24H18N3O2S.C2H4O2.Na/c1-16(28)25-21-13-11-19(12-14-21)18-9-7-17(8-10-18)15-22-23(29)27-24(30-22)26-20-5-3-2-4-6-20;1-2(3)4;/h3-15H,1H3,(H,25,28)(H,26,27,29);1H3,(H,3,4);/q-1;;+1/b22-15+;;. The Hall–Kier alpha value is -3.17. The van der Waals surface area contributed by atoms with Gasteiger partial charge in [-0.1, -0.05) is 36.4 Å². The maximum absolute atomic E-state index is 12.3. The summed E-state index contributed by atoms with van der Waals surface area (Å²) in [4.78, 5) is 37.4. The number of rotatable bonds is 4. The molecule has 0 atom stereocenters. The van der Waals surface area contributed by atoms with Gasteiger partial charge in [0.15, 0.2) is 5.17 Å². The second-order valence-corrected chi connectivity index (χ2v) is 8.17. The Bertz CT molecular complexity index is 1240. The number of amidine groups is 1. The van der Waals surface area contributed by atoms with E-state index in [4.69, 9.17) is 9.90 Å². The monoisotopic (exact) mass is 495 g/mol. The Labute approximate surface area is 230 Å². The first-order valence-corrected chi connectivity index (χ1v) is 11.0. The Kier molecular flexibility index (Phi) is 10.9. The molecule has 3 aromatic rings. The van der Waals surface area contributed by atoms with Crippen LogP contribution in [0.1, 0.15) is 19.4 Å². The molecule has 1 aliphatic heterocycles. The van der Waals surface area contributed by atoms with Crippen molar-refractivity contribution in [3.63, 3.8) is 0 Å². The van der Waals surface area contributed by atoms with E-state index < -0.39 is 5.97 Å². The predicted octanol–water partition coefficient (Wildman–Crippen LogP) is 2.10. The normalized spacial score (nSPS) is 14.4. The summed E-state index contributed by atoms with van der Waals surface area (Å²) in [5.41, 5.74) is 4.57. The van der Waals surface area contributed by atoms with E-state index in [9.17, 15) is 9.59 Å². The summed E-state index contributed by atoms with van der Waals surface area (Å²) in [5.74, 6) is -1.08. The number of amides is 2. The van der Waals surface area contributed by atoms with Crippen molar-refractivity contribution in [2.45, 2.75) is 13.8 Å². The van der Waals surface area contributed by atoms with Crippen LogP contribution in [0, 0.1) is 6.07 Å². The molecule has 0 bridgehead atoms. The van der Waals surface area contributed by atoms with Crippen molar-refractivity contribution in [3.8, 4) is 11.1 Å². The minimum Gasteiger partial charge on any atom is -0.481 e. The number of carbonyl (C=O) groups excluding carboxylic acids is 2. The van der Waals surface area contributed by atoms with Crippen LogP contribution < -0.4 is 40.2 Å². The van der Waals surface area contributed by atoms with Crippen LogP contribution in [0.3, 0.4) is 0 Å². The number of anilines is 1. The molecule has 0 radical (unpaired) electrons. The fraction of sp³-hybridized carbons (Fsp3) is 0.0769. The first-order valence-electron chi connectivity index (χ1n) is 10.2. The molecule has 0 aromatic heterocycles. The Balaban J connectivity index is 0.000000804. The van der Waals surface area contributed by atoms with Crippen LogP contribution in [0.15, 0.2) is 82.7 Å². The minimum absolute atomic E-state index is 0. The van der Waals surface area contributed by atoms with E-state index in [1.807, 2.05) is 66.7 Å². The van der Waals surface area contributed by atoms with E-state index in [2.05, 4.69) is 21.7 Å². The zero-order chi connectivity index (χ0) is 24.5. The van der Waals surface area contributed by atoms with Gasteiger partial charge in [0.2, 0.25) is 5.91 Å². The summed E-state index contributed by atoms with van der Waals surface area (Å²) in [6.45, 7) is 2.57. The molecule has 0 unspecified atom stereocenters. The van der Waals surface area contributed by atoms with Crippen molar-refractivity contribution in [1.29, 1.82) is 0 Å². The van der Waals surface area contributed by atoms with Crippen molar-refractivity contribution < 1.29 is 49.0 Å². The van der Waals surface area contributed by atoms with Crippen LogP contribution in [-0.2, 0) is 14.4 Å². The first kappa shape index (κ1) is 28.1. The second kappa shape index (κ2) is 13.7. The van der Waals surface area contributed by atoms with Gasteiger partial charge in [0.25, 0.3) is 11.9 Å². The topological polar surface area (TPSA) is 108 Å². The van der Waals surface area contributed by atoms with Gasteiger partial charge >= 0.3 is 29.6 Å². The zero-order valence-electron chi connectivity index (χ0n) is 19.5. The Morgan fingerprint density at radius 2 is 1.51 bits per heavy atom. The smallest absolute Gasteiger partial charge is 0.481 e. The number of nitrogens with zero attached hydrogens (tertiary/aromatic N) is 1. The van der Waals surface area contributed by atoms with Crippen molar-refractivity contribution in [3.05, 3.63) is 89.3 Å². The molecular formula is C26H22N3NaO4S. The summed E-state index contributed by atoms with van der Waals surface area (Å²) in [6.07, 6.45) is 1.85. The van der Waals surface area contributed by atoms with Gasteiger partial charge in [0.1, 0.15) is 0 Å². The Morgan fingerprint density at radius 1 is 0.971 bits per heavy atom. The van der Waals surface area contributed by atoms with E-state index in [1.165, 1.54) is 18.7 Å². The van der Waals surface area contributed by atoms with E-state index in [0.29, 0.717) is 10.1 Å². The summed E-state index contributed by atoms with van der Waals surface area (Å²) in [5, 5.41) is 13.5. The van der Waals surface area contributed by atoms with E-state index in [1.54, 1.807) is 12.1 Å². The number of hydrogen-bond donors (Lipinski definition) is 3. The molecule has 172 valence electrons. The van der Waals surface area contributed by atoms with Crippen molar-refractivity contribution >= 4 is 52.2 Å².